The van der Waals surface area contributed by atoms with Crippen LogP contribution < -0.4 is 5.32 Å². The molecule has 0 unspecified atom stereocenters. The molecule has 1 aromatic carbocycles. The van der Waals surface area contributed by atoms with Crippen molar-refractivity contribution in [2.45, 2.75) is 18.9 Å². The van der Waals surface area contributed by atoms with Gasteiger partial charge in [-0.05, 0) is 25.5 Å². The zero-order valence-corrected chi connectivity index (χ0v) is 7.19. The zero-order valence-electron chi connectivity index (χ0n) is 7.19. The molecule has 1 saturated heterocycles. The molecular formula is C10H11F2N. The van der Waals surface area contributed by atoms with Crippen LogP contribution in [0.15, 0.2) is 18.2 Å². The van der Waals surface area contributed by atoms with Gasteiger partial charge in [0.05, 0.1) is 0 Å². The van der Waals surface area contributed by atoms with Gasteiger partial charge in [-0.1, -0.05) is 6.07 Å². The quantitative estimate of drug-likeness (QED) is 0.704. The summed E-state index contributed by atoms with van der Waals surface area (Å²) in [7, 11) is 0. The second-order valence-corrected chi connectivity index (χ2v) is 3.31. The molecule has 3 heteroatoms. The van der Waals surface area contributed by atoms with Gasteiger partial charge in [-0.2, -0.15) is 0 Å². The molecule has 0 spiro atoms. The van der Waals surface area contributed by atoms with E-state index in [2.05, 4.69) is 5.32 Å². The maximum absolute atomic E-state index is 13.2. The van der Waals surface area contributed by atoms with Crippen LogP contribution in [0.1, 0.15) is 24.4 Å². The summed E-state index contributed by atoms with van der Waals surface area (Å²) in [5, 5.41) is 3.17. The molecule has 1 aliphatic heterocycles. The van der Waals surface area contributed by atoms with Gasteiger partial charge in [0, 0.05) is 17.7 Å². The third-order valence-electron chi connectivity index (χ3n) is 2.40. The largest absolute Gasteiger partial charge is 0.310 e. The van der Waals surface area contributed by atoms with E-state index in [0.717, 1.165) is 25.5 Å². The highest BCUT2D eigenvalue weighted by atomic mass is 19.1. The van der Waals surface area contributed by atoms with Gasteiger partial charge >= 0.3 is 0 Å². The van der Waals surface area contributed by atoms with Crippen molar-refractivity contribution in [3.05, 3.63) is 35.4 Å². The Morgan fingerprint density at radius 3 is 2.77 bits per heavy atom. The summed E-state index contributed by atoms with van der Waals surface area (Å²) < 4.78 is 25.8. The monoisotopic (exact) mass is 183 g/mol. The summed E-state index contributed by atoms with van der Waals surface area (Å²) in [5.41, 5.74) is 0.582. The number of hydrogen-bond donors (Lipinski definition) is 1. The first-order valence-corrected chi connectivity index (χ1v) is 4.46. The molecule has 0 bridgehead atoms. The molecular weight excluding hydrogens is 172 g/mol. The molecule has 0 aromatic heterocycles. The number of rotatable bonds is 1. The summed E-state index contributed by atoms with van der Waals surface area (Å²) in [5.74, 6) is -0.960. The third kappa shape index (κ3) is 1.70. The second kappa shape index (κ2) is 3.42. The lowest BCUT2D eigenvalue weighted by Gasteiger charge is -2.10. The fourth-order valence-corrected chi connectivity index (χ4v) is 1.73. The molecule has 70 valence electrons. The van der Waals surface area contributed by atoms with Crippen molar-refractivity contribution in [3.8, 4) is 0 Å². The predicted molar refractivity (Wildman–Crippen MR) is 46.3 cm³/mol. The zero-order chi connectivity index (χ0) is 9.26. The Balaban J connectivity index is 2.29. The van der Waals surface area contributed by atoms with Gasteiger partial charge < -0.3 is 5.32 Å². The predicted octanol–water partition coefficient (Wildman–Crippen LogP) is 2.39. The van der Waals surface area contributed by atoms with E-state index < -0.39 is 11.6 Å². The van der Waals surface area contributed by atoms with Crippen LogP contribution in [-0.4, -0.2) is 6.54 Å². The highest BCUT2D eigenvalue weighted by Crippen LogP contribution is 2.25. The summed E-state index contributed by atoms with van der Waals surface area (Å²) in [6.07, 6.45) is 1.99. The van der Waals surface area contributed by atoms with Crippen LogP contribution in [0, 0.1) is 11.6 Å². The Kier molecular flexibility index (Phi) is 2.27. The Labute approximate surface area is 75.8 Å². The molecule has 1 nitrogen and oxygen atoms in total. The minimum absolute atomic E-state index is 0.0700. The highest BCUT2D eigenvalue weighted by molar-refractivity contribution is 5.22. The van der Waals surface area contributed by atoms with Crippen molar-refractivity contribution < 1.29 is 8.78 Å². The van der Waals surface area contributed by atoms with E-state index in [0.29, 0.717) is 5.56 Å². The Morgan fingerprint density at radius 1 is 1.31 bits per heavy atom. The highest BCUT2D eigenvalue weighted by Gasteiger charge is 2.19. The lowest BCUT2D eigenvalue weighted by molar-refractivity contribution is 0.540. The van der Waals surface area contributed by atoms with E-state index in [9.17, 15) is 8.78 Å². The number of benzene rings is 1. The molecule has 1 atom stereocenters. The topological polar surface area (TPSA) is 12.0 Å². The van der Waals surface area contributed by atoms with Crippen molar-refractivity contribution in [3.63, 3.8) is 0 Å². The fraction of sp³-hybridized carbons (Fsp3) is 0.400. The molecule has 1 N–H and O–H groups in total. The lowest BCUT2D eigenvalue weighted by atomic mass is 10.0. The van der Waals surface area contributed by atoms with Crippen molar-refractivity contribution in [2.24, 2.45) is 0 Å². The van der Waals surface area contributed by atoms with E-state index in [1.54, 1.807) is 0 Å². The van der Waals surface area contributed by atoms with Crippen molar-refractivity contribution in [2.75, 3.05) is 6.54 Å². The summed E-state index contributed by atoms with van der Waals surface area (Å²) in [4.78, 5) is 0. The molecule has 0 aliphatic carbocycles. The van der Waals surface area contributed by atoms with E-state index in [4.69, 9.17) is 0 Å². The lowest BCUT2D eigenvalue weighted by Crippen LogP contribution is -2.14. The number of halogens is 2. The second-order valence-electron chi connectivity index (χ2n) is 3.31. The van der Waals surface area contributed by atoms with Crippen LogP contribution in [0.25, 0.3) is 0 Å². The van der Waals surface area contributed by atoms with Gasteiger partial charge in [0.25, 0.3) is 0 Å². The normalized spacial score (nSPS) is 22.2. The summed E-state index contributed by atoms with van der Waals surface area (Å²) in [6.45, 7) is 0.918. The van der Waals surface area contributed by atoms with Gasteiger partial charge in [-0.3, -0.25) is 0 Å². The molecule has 0 amide bonds. The van der Waals surface area contributed by atoms with Gasteiger partial charge in [0.15, 0.2) is 0 Å². The number of hydrogen-bond acceptors (Lipinski definition) is 1. The van der Waals surface area contributed by atoms with E-state index in [-0.39, 0.29) is 6.04 Å². The van der Waals surface area contributed by atoms with Crippen molar-refractivity contribution >= 4 is 0 Å². The smallest absolute Gasteiger partial charge is 0.130 e. The number of nitrogens with one attached hydrogen (secondary N) is 1. The van der Waals surface area contributed by atoms with Gasteiger partial charge in [-0.15, -0.1) is 0 Å². The Bertz CT molecular complexity index is 306. The maximum atomic E-state index is 13.2. The molecule has 1 aromatic rings. The van der Waals surface area contributed by atoms with Crippen molar-refractivity contribution in [1.29, 1.82) is 0 Å². The first-order chi connectivity index (χ1) is 6.27. The standard InChI is InChI=1S/C10H11F2N/c11-7-3-4-8(9(12)6-7)10-2-1-5-13-10/h3-4,6,10,13H,1-2,5H2/t10-/m1/s1. The van der Waals surface area contributed by atoms with Crippen LogP contribution >= 0.6 is 0 Å². The van der Waals surface area contributed by atoms with Crippen LogP contribution in [0.4, 0.5) is 8.78 Å². The molecule has 0 radical (unpaired) electrons. The van der Waals surface area contributed by atoms with Gasteiger partial charge in [-0.25, -0.2) is 8.78 Å². The average Bonchev–Trinajstić information content (AvgIpc) is 2.56. The Hall–Kier alpha value is -0.960. The van der Waals surface area contributed by atoms with Crippen LogP contribution in [0.5, 0.6) is 0 Å². The molecule has 1 fully saturated rings. The van der Waals surface area contributed by atoms with E-state index >= 15 is 0 Å². The third-order valence-corrected chi connectivity index (χ3v) is 2.40. The van der Waals surface area contributed by atoms with Crippen LogP contribution in [0.3, 0.4) is 0 Å². The fourth-order valence-electron chi connectivity index (χ4n) is 1.73. The molecule has 1 heterocycles. The maximum Gasteiger partial charge on any atom is 0.130 e. The summed E-state index contributed by atoms with van der Waals surface area (Å²) in [6, 6.07) is 3.84. The van der Waals surface area contributed by atoms with E-state index in [1.165, 1.54) is 12.1 Å². The van der Waals surface area contributed by atoms with Crippen LogP contribution in [0.2, 0.25) is 0 Å². The SMILES string of the molecule is Fc1ccc([C@H]2CCCN2)c(F)c1. The molecule has 13 heavy (non-hydrogen) atoms. The van der Waals surface area contributed by atoms with E-state index in [1.807, 2.05) is 0 Å². The molecule has 0 saturated carbocycles. The van der Waals surface area contributed by atoms with Gasteiger partial charge in [0.1, 0.15) is 11.6 Å². The first-order valence-electron chi connectivity index (χ1n) is 4.46. The average molecular weight is 183 g/mol. The first kappa shape index (κ1) is 8.63. The summed E-state index contributed by atoms with van der Waals surface area (Å²) >= 11 is 0. The minimum Gasteiger partial charge on any atom is -0.310 e. The van der Waals surface area contributed by atoms with Crippen molar-refractivity contribution in [1.82, 2.24) is 5.32 Å². The Morgan fingerprint density at radius 2 is 2.15 bits per heavy atom. The minimum atomic E-state index is -0.515. The molecule has 1 aliphatic rings. The van der Waals surface area contributed by atoms with Crippen LogP contribution in [-0.2, 0) is 0 Å². The van der Waals surface area contributed by atoms with Gasteiger partial charge in [0.2, 0.25) is 0 Å². The molecule has 2 rings (SSSR count).